The van der Waals surface area contributed by atoms with Gasteiger partial charge in [0.15, 0.2) is 0 Å². The average molecular weight is 227 g/mol. The highest BCUT2D eigenvalue weighted by molar-refractivity contribution is 4.78. The van der Waals surface area contributed by atoms with Crippen molar-refractivity contribution in [1.29, 1.82) is 0 Å². The molecule has 0 aromatic heterocycles. The van der Waals surface area contributed by atoms with Gasteiger partial charge in [-0.1, -0.05) is 13.8 Å². The van der Waals surface area contributed by atoms with Crippen LogP contribution in [0, 0.1) is 5.92 Å². The molecule has 2 unspecified atom stereocenters. The lowest BCUT2D eigenvalue weighted by Gasteiger charge is -2.36. The summed E-state index contributed by atoms with van der Waals surface area (Å²) in [5.74, 6) is 0.599. The van der Waals surface area contributed by atoms with Gasteiger partial charge < -0.3 is 15.5 Å². The molecule has 2 N–H and O–H groups in total. The third-order valence-electron chi connectivity index (χ3n) is 3.89. The molecule has 0 saturated carbocycles. The van der Waals surface area contributed by atoms with E-state index >= 15 is 0 Å². The molecule has 0 aliphatic carbocycles. The van der Waals surface area contributed by atoms with Gasteiger partial charge in [0.1, 0.15) is 0 Å². The van der Waals surface area contributed by atoms with Crippen LogP contribution in [0.1, 0.15) is 33.1 Å². The molecular weight excluding hydrogens is 198 g/mol. The van der Waals surface area contributed by atoms with Crippen LogP contribution in [0.5, 0.6) is 0 Å². The molecule has 0 aromatic rings. The van der Waals surface area contributed by atoms with Gasteiger partial charge in [-0.15, -0.1) is 0 Å². The summed E-state index contributed by atoms with van der Waals surface area (Å²) in [5, 5.41) is 0. The maximum absolute atomic E-state index is 6.08. The molecule has 1 rings (SSSR count). The van der Waals surface area contributed by atoms with E-state index in [4.69, 9.17) is 5.73 Å². The number of nitrogens with zero attached hydrogens (tertiary/aromatic N) is 2. The van der Waals surface area contributed by atoms with Gasteiger partial charge in [-0.3, -0.25) is 0 Å². The minimum Gasteiger partial charge on any atom is -0.327 e. The Morgan fingerprint density at radius 2 is 2.12 bits per heavy atom. The van der Waals surface area contributed by atoms with Crippen LogP contribution in [0.2, 0.25) is 0 Å². The van der Waals surface area contributed by atoms with E-state index in [9.17, 15) is 0 Å². The Labute approximate surface area is 101 Å². The summed E-state index contributed by atoms with van der Waals surface area (Å²) < 4.78 is 0. The van der Waals surface area contributed by atoms with Crippen molar-refractivity contribution in [2.75, 3.05) is 33.7 Å². The van der Waals surface area contributed by atoms with E-state index in [1.807, 2.05) is 0 Å². The highest BCUT2D eigenvalue weighted by atomic mass is 15.2. The highest BCUT2D eigenvalue weighted by Gasteiger charge is 2.21. The summed E-state index contributed by atoms with van der Waals surface area (Å²) in [6.07, 6.45) is 3.80. The third-order valence-corrected chi connectivity index (χ3v) is 3.89. The third kappa shape index (κ3) is 4.40. The molecule has 1 aliphatic rings. The van der Waals surface area contributed by atoms with Crippen LogP contribution >= 0.6 is 0 Å². The SMILES string of the molecule is CC(C)C(N)CCN(C)C1CCCN(C)C1. The maximum atomic E-state index is 6.08. The highest BCUT2D eigenvalue weighted by Crippen LogP contribution is 2.14. The molecule has 0 radical (unpaired) electrons. The lowest BCUT2D eigenvalue weighted by atomic mass is 10.0. The molecule has 96 valence electrons. The van der Waals surface area contributed by atoms with Crippen molar-refractivity contribution >= 4 is 0 Å². The maximum Gasteiger partial charge on any atom is 0.0220 e. The zero-order valence-corrected chi connectivity index (χ0v) is 11.4. The number of nitrogens with two attached hydrogens (primary N) is 1. The molecule has 0 amide bonds. The normalized spacial score (nSPS) is 25.3. The fraction of sp³-hybridized carbons (Fsp3) is 1.00. The zero-order valence-electron chi connectivity index (χ0n) is 11.4. The van der Waals surface area contributed by atoms with E-state index in [2.05, 4.69) is 37.7 Å². The van der Waals surface area contributed by atoms with Crippen LogP contribution in [0.25, 0.3) is 0 Å². The van der Waals surface area contributed by atoms with E-state index in [0.717, 1.165) is 19.0 Å². The Morgan fingerprint density at radius 3 is 2.69 bits per heavy atom. The van der Waals surface area contributed by atoms with Gasteiger partial charge in [0.05, 0.1) is 0 Å². The lowest BCUT2D eigenvalue weighted by Crippen LogP contribution is -2.46. The molecule has 0 aromatic carbocycles. The summed E-state index contributed by atoms with van der Waals surface area (Å²) in [5.41, 5.74) is 6.08. The standard InChI is InChI=1S/C13H29N3/c1-11(2)13(14)7-9-16(4)12-6-5-8-15(3)10-12/h11-13H,5-10,14H2,1-4H3. The van der Waals surface area contributed by atoms with Crippen molar-refractivity contribution in [2.45, 2.75) is 45.2 Å². The van der Waals surface area contributed by atoms with Crippen molar-refractivity contribution in [2.24, 2.45) is 11.7 Å². The summed E-state index contributed by atoms with van der Waals surface area (Å²) in [7, 11) is 4.47. The second-order valence-corrected chi connectivity index (χ2v) is 5.74. The molecule has 1 saturated heterocycles. The van der Waals surface area contributed by atoms with Crippen molar-refractivity contribution in [1.82, 2.24) is 9.80 Å². The van der Waals surface area contributed by atoms with Gasteiger partial charge in [0.2, 0.25) is 0 Å². The summed E-state index contributed by atoms with van der Waals surface area (Å²) in [6.45, 7) is 8.03. The molecule has 2 atom stereocenters. The summed E-state index contributed by atoms with van der Waals surface area (Å²) in [4.78, 5) is 4.94. The molecule has 3 nitrogen and oxygen atoms in total. The fourth-order valence-corrected chi connectivity index (χ4v) is 2.37. The number of piperidine rings is 1. The largest absolute Gasteiger partial charge is 0.327 e. The number of hydrogen-bond acceptors (Lipinski definition) is 3. The first-order valence-electron chi connectivity index (χ1n) is 6.65. The van der Waals surface area contributed by atoms with Crippen LogP contribution in [-0.2, 0) is 0 Å². The molecule has 1 heterocycles. The quantitative estimate of drug-likeness (QED) is 0.770. The van der Waals surface area contributed by atoms with Gasteiger partial charge in [0, 0.05) is 18.6 Å². The van der Waals surface area contributed by atoms with Crippen molar-refractivity contribution in [3.05, 3.63) is 0 Å². The van der Waals surface area contributed by atoms with Crippen LogP contribution in [0.15, 0.2) is 0 Å². The summed E-state index contributed by atoms with van der Waals surface area (Å²) >= 11 is 0. The second kappa shape index (κ2) is 6.58. The molecule has 3 heteroatoms. The van der Waals surface area contributed by atoms with E-state index in [1.165, 1.54) is 25.9 Å². The number of rotatable bonds is 5. The van der Waals surface area contributed by atoms with Gasteiger partial charge in [-0.25, -0.2) is 0 Å². The molecule has 1 aliphatic heterocycles. The molecule has 16 heavy (non-hydrogen) atoms. The molecule has 0 spiro atoms. The fourth-order valence-electron chi connectivity index (χ4n) is 2.37. The van der Waals surface area contributed by atoms with Crippen LogP contribution in [-0.4, -0.2) is 55.6 Å². The Kier molecular flexibility index (Phi) is 5.73. The number of likely N-dealkylation sites (N-methyl/N-ethyl adjacent to an activating group) is 2. The van der Waals surface area contributed by atoms with Crippen LogP contribution < -0.4 is 5.73 Å². The number of hydrogen-bond donors (Lipinski definition) is 1. The van der Waals surface area contributed by atoms with E-state index < -0.39 is 0 Å². The lowest BCUT2D eigenvalue weighted by molar-refractivity contribution is 0.130. The minimum atomic E-state index is 0.351. The van der Waals surface area contributed by atoms with E-state index in [0.29, 0.717) is 12.0 Å². The summed E-state index contributed by atoms with van der Waals surface area (Å²) in [6, 6.07) is 1.09. The first kappa shape index (κ1) is 13.9. The zero-order chi connectivity index (χ0) is 12.1. The molecule has 0 bridgehead atoms. The Bertz CT molecular complexity index is 194. The first-order chi connectivity index (χ1) is 7.50. The van der Waals surface area contributed by atoms with Crippen LogP contribution in [0.3, 0.4) is 0 Å². The number of likely N-dealkylation sites (tertiary alicyclic amines) is 1. The van der Waals surface area contributed by atoms with Gasteiger partial charge in [0.25, 0.3) is 0 Å². The van der Waals surface area contributed by atoms with Gasteiger partial charge in [-0.2, -0.15) is 0 Å². The first-order valence-corrected chi connectivity index (χ1v) is 6.65. The Hall–Kier alpha value is -0.120. The van der Waals surface area contributed by atoms with Crippen molar-refractivity contribution in [3.63, 3.8) is 0 Å². The minimum absolute atomic E-state index is 0.351. The van der Waals surface area contributed by atoms with Gasteiger partial charge >= 0.3 is 0 Å². The smallest absolute Gasteiger partial charge is 0.0220 e. The predicted molar refractivity (Wildman–Crippen MR) is 70.6 cm³/mol. The topological polar surface area (TPSA) is 32.5 Å². The Balaban J connectivity index is 2.26. The van der Waals surface area contributed by atoms with E-state index in [1.54, 1.807) is 0 Å². The molecular formula is C13H29N3. The predicted octanol–water partition coefficient (Wildman–Crippen LogP) is 1.39. The second-order valence-electron chi connectivity index (χ2n) is 5.74. The monoisotopic (exact) mass is 227 g/mol. The Morgan fingerprint density at radius 1 is 1.44 bits per heavy atom. The average Bonchev–Trinajstić information content (AvgIpc) is 2.25. The van der Waals surface area contributed by atoms with Crippen LogP contribution in [0.4, 0.5) is 0 Å². The van der Waals surface area contributed by atoms with Gasteiger partial charge in [-0.05, 0) is 52.4 Å². The van der Waals surface area contributed by atoms with Crippen molar-refractivity contribution < 1.29 is 0 Å². The van der Waals surface area contributed by atoms with E-state index in [-0.39, 0.29) is 0 Å². The molecule has 1 fully saturated rings. The van der Waals surface area contributed by atoms with Crippen molar-refractivity contribution in [3.8, 4) is 0 Å².